The van der Waals surface area contributed by atoms with Crippen molar-refractivity contribution < 1.29 is 14.3 Å². The van der Waals surface area contributed by atoms with Crippen LogP contribution in [0.1, 0.15) is 33.1 Å². The Balaban J connectivity index is 2.07. The molecule has 0 bridgehead atoms. The fourth-order valence-corrected chi connectivity index (χ4v) is 1.88. The minimum Gasteiger partial charge on any atom is -0.379 e. The molecule has 0 aromatic carbocycles. The summed E-state index contributed by atoms with van der Waals surface area (Å²) >= 11 is 0. The molecule has 1 aliphatic carbocycles. The lowest BCUT2D eigenvalue weighted by atomic mass is 10.0. The topological polar surface area (TPSA) is 35.5 Å². The predicted octanol–water partition coefficient (Wildman–Crippen LogP) is 1.80. The van der Waals surface area contributed by atoms with Gasteiger partial charge in [-0.1, -0.05) is 0 Å². The Labute approximate surface area is 85.8 Å². The molecule has 3 nitrogen and oxygen atoms in total. The molecule has 1 saturated carbocycles. The molecule has 2 atom stereocenters. The SMILES string of the molecule is CCOCCO[C@@H]1CC[C@H](C(C)=O)C1. The molecule has 0 saturated heterocycles. The van der Waals surface area contributed by atoms with Gasteiger partial charge in [-0.15, -0.1) is 0 Å². The van der Waals surface area contributed by atoms with E-state index < -0.39 is 0 Å². The Morgan fingerprint density at radius 3 is 2.71 bits per heavy atom. The van der Waals surface area contributed by atoms with Crippen LogP contribution in [0, 0.1) is 5.92 Å². The molecule has 0 aromatic rings. The van der Waals surface area contributed by atoms with Gasteiger partial charge in [-0.25, -0.2) is 0 Å². The van der Waals surface area contributed by atoms with Crippen LogP contribution in [-0.2, 0) is 14.3 Å². The molecule has 0 radical (unpaired) electrons. The molecule has 0 aromatic heterocycles. The van der Waals surface area contributed by atoms with Crippen LogP contribution in [0.3, 0.4) is 0 Å². The Kier molecular flexibility index (Phi) is 5.12. The van der Waals surface area contributed by atoms with Gasteiger partial charge in [0, 0.05) is 12.5 Å². The largest absolute Gasteiger partial charge is 0.379 e. The Morgan fingerprint density at radius 1 is 1.36 bits per heavy atom. The van der Waals surface area contributed by atoms with Crippen molar-refractivity contribution in [3.8, 4) is 0 Å². The fraction of sp³-hybridized carbons (Fsp3) is 0.909. The number of hydrogen-bond acceptors (Lipinski definition) is 3. The highest BCUT2D eigenvalue weighted by atomic mass is 16.5. The van der Waals surface area contributed by atoms with E-state index in [1.54, 1.807) is 6.92 Å². The van der Waals surface area contributed by atoms with Crippen LogP contribution in [0.4, 0.5) is 0 Å². The maximum Gasteiger partial charge on any atom is 0.133 e. The molecule has 0 heterocycles. The highest BCUT2D eigenvalue weighted by Crippen LogP contribution is 2.28. The van der Waals surface area contributed by atoms with Gasteiger partial charge in [0.2, 0.25) is 0 Å². The first-order chi connectivity index (χ1) is 6.74. The summed E-state index contributed by atoms with van der Waals surface area (Å²) in [6.07, 6.45) is 3.20. The van der Waals surface area contributed by atoms with Gasteiger partial charge in [0.15, 0.2) is 0 Å². The van der Waals surface area contributed by atoms with Crippen LogP contribution in [0.25, 0.3) is 0 Å². The van der Waals surface area contributed by atoms with E-state index in [0.29, 0.717) is 19.0 Å². The number of hydrogen-bond donors (Lipinski definition) is 0. The van der Waals surface area contributed by atoms with E-state index in [1.165, 1.54) is 0 Å². The van der Waals surface area contributed by atoms with Crippen LogP contribution in [0.15, 0.2) is 0 Å². The average molecular weight is 200 g/mol. The molecule has 14 heavy (non-hydrogen) atoms. The molecular formula is C11H20O3. The maximum atomic E-state index is 11.1. The van der Waals surface area contributed by atoms with Crippen LogP contribution in [-0.4, -0.2) is 31.7 Å². The number of carbonyl (C=O) groups is 1. The van der Waals surface area contributed by atoms with Crippen LogP contribution in [0.5, 0.6) is 0 Å². The minimum atomic E-state index is 0.243. The Hall–Kier alpha value is -0.410. The third-order valence-corrected chi connectivity index (χ3v) is 2.74. The first-order valence-corrected chi connectivity index (χ1v) is 5.43. The van der Waals surface area contributed by atoms with Gasteiger partial charge in [0.1, 0.15) is 5.78 Å². The van der Waals surface area contributed by atoms with Crippen molar-refractivity contribution in [3.05, 3.63) is 0 Å². The molecule has 0 spiro atoms. The number of carbonyl (C=O) groups excluding carboxylic acids is 1. The summed E-state index contributed by atoms with van der Waals surface area (Å²) in [5, 5.41) is 0. The standard InChI is InChI=1S/C11H20O3/c1-3-13-6-7-14-11-5-4-10(8-11)9(2)12/h10-11H,3-8H2,1-2H3/t10-,11+/m0/s1. The molecule has 0 unspecified atom stereocenters. The molecule has 1 rings (SSSR count). The van der Waals surface area contributed by atoms with Crippen molar-refractivity contribution in [1.29, 1.82) is 0 Å². The lowest BCUT2D eigenvalue weighted by Crippen LogP contribution is -2.14. The monoisotopic (exact) mass is 200 g/mol. The van der Waals surface area contributed by atoms with E-state index in [2.05, 4.69) is 0 Å². The van der Waals surface area contributed by atoms with Gasteiger partial charge in [-0.05, 0) is 33.1 Å². The van der Waals surface area contributed by atoms with Crippen LogP contribution >= 0.6 is 0 Å². The van der Waals surface area contributed by atoms with Gasteiger partial charge in [0.05, 0.1) is 19.3 Å². The van der Waals surface area contributed by atoms with Crippen molar-refractivity contribution in [2.45, 2.75) is 39.2 Å². The summed E-state index contributed by atoms with van der Waals surface area (Å²) in [4.78, 5) is 11.1. The van der Waals surface area contributed by atoms with Crippen molar-refractivity contribution in [2.75, 3.05) is 19.8 Å². The number of rotatable bonds is 6. The van der Waals surface area contributed by atoms with E-state index in [-0.39, 0.29) is 12.0 Å². The summed E-state index contributed by atoms with van der Waals surface area (Å²) in [5.74, 6) is 0.549. The zero-order valence-corrected chi connectivity index (χ0v) is 9.12. The first kappa shape index (κ1) is 11.7. The van der Waals surface area contributed by atoms with Gasteiger partial charge < -0.3 is 9.47 Å². The second kappa shape index (κ2) is 6.14. The van der Waals surface area contributed by atoms with Crippen molar-refractivity contribution in [1.82, 2.24) is 0 Å². The van der Waals surface area contributed by atoms with Crippen molar-refractivity contribution in [2.24, 2.45) is 5.92 Å². The average Bonchev–Trinajstić information content (AvgIpc) is 2.61. The quantitative estimate of drug-likeness (QED) is 0.613. The lowest BCUT2D eigenvalue weighted by Gasteiger charge is -2.11. The van der Waals surface area contributed by atoms with Crippen molar-refractivity contribution >= 4 is 5.78 Å². The normalized spacial score (nSPS) is 26.7. The minimum absolute atomic E-state index is 0.243. The van der Waals surface area contributed by atoms with Crippen molar-refractivity contribution in [3.63, 3.8) is 0 Å². The smallest absolute Gasteiger partial charge is 0.133 e. The zero-order chi connectivity index (χ0) is 10.4. The van der Waals surface area contributed by atoms with Gasteiger partial charge in [-0.3, -0.25) is 4.79 Å². The molecule has 1 aliphatic rings. The molecule has 0 aliphatic heterocycles. The number of Topliss-reactive ketones (excluding diaryl/α,β-unsaturated/α-hetero) is 1. The number of ether oxygens (including phenoxy) is 2. The fourth-order valence-electron chi connectivity index (χ4n) is 1.88. The molecule has 0 N–H and O–H groups in total. The lowest BCUT2D eigenvalue weighted by molar-refractivity contribution is -0.120. The highest BCUT2D eigenvalue weighted by molar-refractivity contribution is 5.78. The zero-order valence-electron chi connectivity index (χ0n) is 9.12. The third-order valence-electron chi connectivity index (χ3n) is 2.74. The summed E-state index contributed by atoms with van der Waals surface area (Å²) in [6.45, 7) is 5.71. The second-order valence-electron chi connectivity index (χ2n) is 3.81. The third kappa shape index (κ3) is 3.76. The molecule has 1 fully saturated rings. The summed E-state index contributed by atoms with van der Waals surface area (Å²) in [7, 11) is 0. The second-order valence-corrected chi connectivity index (χ2v) is 3.81. The number of ketones is 1. The Bertz CT molecular complexity index is 179. The van der Waals surface area contributed by atoms with Crippen LogP contribution < -0.4 is 0 Å². The maximum absolute atomic E-state index is 11.1. The van der Waals surface area contributed by atoms with Gasteiger partial charge >= 0.3 is 0 Å². The summed E-state index contributed by atoms with van der Waals surface area (Å²) in [5.41, 5.74) is 0. The first-order valence-electron chi connectivity index (χ1n) is 5.43. The van der Waals surface area contributed by atoms with E-state index >= 15 is 0 Å². The van der Waals surface area contributed by atoms with E-state index in [1.807, 2.05) is 6.92 Å². The van der Waals surface area contributed by atoms with Gasteiger partial charge in [-0.2, -0.15) is 0 Å². The van der Waals surface area contributed by atoms with Crippen LogP contribution in [0.2, 0.25) is 0 Å². The molecule has 82 valence electrons. The molecule has 0 amide bonds. The van der Waals surface area contributed by atoms with Gasteiger partial charge in [0.25, 0.3) is 0 Å². The summed E-state index contributed by atoms with van der Waals surface area (Å²) < 4.78 is 10.8. The highest BCUT2D eigenvalue weighted by Gasteiger charge is 2.27. The van der Waals surface area contributed by atoms with E-state index in [0.717, 1.165) is 25.9 Å². The van der Waals surface area contributed by atoms with E-state index in [4.69, 9.17) is 9.47 Å². The van der Waals surface area contributed by atoms with E-state index in [9.17, 15) is 4.79 Å². The summed E-state index contributed by atoms with van der Waals surface area (Å²) in [6, 6.07) is 0. The molecule has 3 heteroatoms. The predicted molar refractivity (Wildman–Crippen MR) is 54.3 cm³/mol. The molecular weight excluding hydrogens is 180 g/mol. The Morgan fingerprint density at radius 2 is 2.14 bits per heavy atom.